The van der Waals surface area contributed by atoms with Crippen LogP contribution in [-0.2, 0) is 16.0 Å². The van der Waals surface area contributed by atoms with Crippen LogP contribution in [0.2, 0.25) is 0 Å². The van der Waals surface area contributed by atoms with Crippen molar-refractivity contribution in [3.05, 3.63) is 29.8 Å². The normalized spacial score (nSPS) is 9.62. The molecule has 13 heavy (non-hydrogen) atoms. The highest BCUT2D eigenvalue weighted by Crippen LogP contribution is 2.06. The summed E-state index contributed by atoms with van der Waals surface area (Å²) >= 11 is 0. The zero-order valence-electron chi connectivity index (χ0n) is 7.00. The van der Waals surface area contributed by atoms with E-state index < -0.39 is 0 Å². The monoisotopic (exact) mass is 182 g/mol. The molecule has 0 saturated heterocycles. The third-order valence-electron chi connectivity index (χ3n) is 1.61. The van der Waals surface area contributed by atoms with E-state index in [4.69, 9.17) is 0 Å². The van der Waals surface area contributed by atoms with Crippen LogP contribution in [0.3, 0.4) is 0 Å². The van der Waals surface area contributed by atoms with E-state index in [2.05, 4.69) is 9.72 Å². The Morgan fingerprint density at radius 3 is 3.15 bits per heavy atom. The highest BCUT2D eigenvalue weighted by Gasteiger charge is 2.00. The number of ether oxygens (including phenoxy) is 1. The summed E-state index contributed by atoms with van der Waals surface area (Å²) in [4.78, 5) is 13.3. The molecule has 4 heteroatoms. The van der Waals surface area contributed by atoms with Gasteiger partial charge in [-0.1, -0.05) is 0 Å². The van der Waals surface area contributed by atoms with Crippen molar-refractivity contribution < 1.29 is 13.9 Å². The van der Waals surface area contributed by atoms with Gasteiger partial charge in [-0.05, 0) is 24.5 Å². The van der Waals surface area contributed by atoms with E-state index in [0.717, 1.165) is 0 Å². The van der Waals surface area contributed by atoms with Crippen LogP contribution in [0, 0.1) is 5.82 Å². The molecular formula is C9H9FNO2. The van der Waals surface area contributed by atoms with Crippen molar-refractivity contribution in [3.63, 3.8) is 0 Å². The van der Waals surface area contributed by atoms with Crippen molar-refractivity contribution in [2.45, 2.75) is 12.8 Å². The van der Waals surface area contributed by atoms with Gasteiger partial charge in [-0.25, -0.2) is 9.18 Å². The summed E-state index contributed by atoms with van der Waals surface area (Å²) < 4.78 is 17.3. The molecule has 1 aromatic heterocycles. The Bertz CT molecular complexity index is 278. The molecule has 0 aromatic carbocycles. The van der Waals surface area contributed by atoms with Gasteiger partial charge < -0.3 is 4.74 Å². The second-order valence-electron chi connectivity index (χ2n) is 2.50. The predicted octanol–water partition coefficient (Wildman–Crippen LogP) is 1.24. The average molecular weight is 182 g/mol. The maximum Gasteiger partial charge on any atom is 0.417 e. The minimum absolute atomic E-state index is 0.269. The molecule has 0 N–H and O–H groups in total. The number of halogens is 1. The Morgan fingerprint density at radius 2 is 2.46 bits per heavy atom. The molecule has 1 rings (SSSR count). The smallest absolute Gasteiger partial charge is 0.417 e. The Kier molecular flexibility index (Phi) is 3.88. The minimum Gasteiger partial charge on any atom is -0.457 e. The molecule has 0 atom stereocenters. The minimum atomic E-state index is -0.322. The van der Waals surface area contributed by atoms with Crippen LogP contribution < -0.4 is 0 Å². The largest absolute Gasteiger partial charge is 0.457 e. The molecule has 1 heterocycles. The van der Waals surface area contributed by atoms with Crippen LogP contribution in [0.5, 0.6) is 0 Å². The van der Waals surface area contributed by atoms with Crippen LogP contribution in [-0.4, -0.2) is 18.1 Å². The van der Waals surface area contributed by atoms with Crippen LogP contribution in [0.1, 0.15) is 12.0 Å². The van der Waals surface area contributed by atoms with Gasteiger partial charge in [0.1, 0.15) is 5.82 Å². The van der Waals surface area contributed by atoms with Gasteiger partial charge in [-0.15, -0.1) is 0 Å². The Labute approximate surface area is 75.6 Å². The molecule has 0 fully saturated rings. The number of aryl methyl sites for hydroxylation is 1. The summed E-state index contributed by atoms with van der Waals surface area (Å²) in [6.07, 6.45) is 3.83. The lowest BCUT2D eigenvalue weighted by atomic mass is 10.1. The van der Waals surface area contributed by atoms with Gasteiger partial charge in [0.2, 0.25) is 0 Å². The summed E-state index contributed by atoms with van der Waals surface area (Å²) in [6, 6.07) is 1.61. The van der Waals surface area contributed by atoms with E-state index in [0.29, 0.717) is 18.4 Å². The summed E-state index contributed by atoms with van der Waals surface area (Å²) in [6.45, 7) is 1.58. The van der Waals surface area contributed by atoms with Crippen molar-refractivity contribution in [1.82, 2.24) is 4.98 Å². The first-order valence-corrected chi connectivity index (χ1v) is 3.92. The lowest BCUT2D eigenvalue weighted by molar-refractivity contribution is 0.273. The van der Waals surface area contributed by atoms with Gasteiger partial charge in [0, 0.05) is 6.20 Å². The Morgan fingerprint density at radius 1 is 1.62 bits per heavy atom. The first kappa shape index (κ1) is 9.64. The molecule has 1 radical (unpaired) electrons. The van der Waals surface area contributed by atoms with Crippen molar-refractivity contribution in [2.75, 3.05) is 6.61 Å². The van der Waals surface area contributed by atoms with Gasteiger partial charge in [0.25, 0.3) is 0 Å². The molecule has 0 bridgehead atoms. The Balaban J connectivity index is 2.36. The molecule has 0 saturated carbocycles. The predicted molar refractivity (Wildman–Crippen MR) is 44.2 cm³/mol. The van der Waals surface area contributed by atoms with Gasteiger partial charge in [0.05, 0.1) is 12.8 Å². The molecular weight excluding hydrogens is 173 g/mol. The molecule has 69 valence electrons. The first-order valence-electron chi connectivity index (χ1n) is 3.92. The third kappa shape index (κ3) is 3.19. The first-order chi connectivity index (χ1) is 6.34. The number of pyridine rings is 1. The topological polar surface area (TPSA) is 39.2 Å². The van der Waals surface area contributed by atoms with Crippen molar-refractivity contribution >= 4 is 6.47 Å². The van der Waals surface area contributed by atoms with Crippen LogP contribution >= 0.6 is 0 Å². The second kappa shape index (κ2) is 5.24. The lowest BCUT2D eigenvalue weighted by Gasteiger charge is -2.00. The van der Waals surface area contributed by atoms with Crippen molar-refractivity contribution in [1.29, 1.82) is 0 Å². The molecule has 1 aromatic rings. The number of rotatable bonds is 5. The second-order valence-corrected chi connectivity index (χ2v) is 2.50. The van der Waals surface area contributed by atoms with E-state index >= 15 is 0 Å². The van der Waals surface area contributed by atoms with Crippen molar-refractivity contribution in [2.24, 2.45) is 0 Å². The molecule has 0 aliphatic rings. The summed E-state index contributed by atoms with van der Waals surface area (Å²) in [5.74, 6) is -0.322. The SMILES string of the molecule is O=[C]OCCCc1ccncc1F. The van der Waals surface area contributed by atoms with E-state index in [1.54, 1.807) is 6.07 Å². The van der Waals surface area contributed by atoms with Gasteiger partial charge in [0.15, 0.2) is 0 Å². The summed E-state index contributed by atoms with van der Waals surface area (Å²) in [5, 5.41) is 0. The van der Waals surface area contributed by atoms with E-state index in [1.165, 1.54) is 18.9 Å². The van der Waals surface area contributed by atoms with E-state index in [1.807, 2.05) is 0 Å². The fourth-order valence-corrected chi connectivity index (χ4v) is 0.983. The van der Waals surface area contributed by atoms with Gasteiger partial charge in [-0.3, -0.25) is 4.98 Å². The lowest BCUT2D eigenvalue weighted by Crippen LogP contribution is -1.97. The highest BCUT2D eigenvalue weighted by molar-refractivity contribution is 5.38. The third-order valence-corrected chi connectivity index (χ3v) is 1.61. The molecule has 0 unspecified atom stereocenters. The standard InChI is InChI=1S/C9H9FNO2/c10-9-6-11-4-3-8(9)2-1-5-13-7-12/h3-4,6H,1-2,5H2. The summed E-state index contributed by atoms with van der Waals surface area (Å²) in [7, 11) is 0. The average Bonchev–Trinajstić information content (AvgIpc) is 2.15. The molecule has 0 amide bonds. The number of aromatic nitrogens is 1. The molecule has 0 aliphatic carbocycles. The fraction of sp³-hybridized carbons (Fsp3) is 0.333. The zero-order chi connectivity index (χ0) is 9.52. The van der Waals surface area contributed by atoms with E-state index in [-0.39, 0.29) is 12.4 Å². The maximum atomic E-state index is 12.9. The van der Waals surface area contributed by atoms with Gasteiger partial charge in [-0.2, -0.15) is 0 Å². The molecule has 0 spiro atoms. The fourth-order valence-electron chi connectivity index (χ4n) is 0.983. The van der Waals surface area contributed by atoms with Crippen molar-refractivity contribution in [3.8, 4) is 0 Å². The number of hydrogen-bond donors (Lipinski definition) is 0. The van der Waals surface area contributed by atoms with Crippen LogP contribution in [0.4, 0.5) is 4.39 Å². The van der Waals surface area contributed by atoms with Crippen LogP contribution in [0.25, 0.3) is 0 Å². The number of hydrogen-bond acceptors (Lipinski definition) is 3. The molecule has 0 aliphatic heterocycles. The maximum absolute atomic E-state index is 12.9. The number of carbonyl (C=O) groups excluding carboxylic acids is 1. The quantitative estimate of drug-likeness (QED) is 0.643. The van der Waals surface area contributed by atoms with Gasteiger partial charge >= 0.3 is 6.47 Å². The van der Waals surface area contributed by atoms with Crippen LogP contribution in [0.15, 0.2) is 18.5 Å². The van der Waals surface area contributed by atoms with E-state index in [9.17, 15) is 9.18 Å². The highest BCUT2D eigenvalue weighted by atomic mass is 19.1. The summed E-state index contributed by atoms with van der Waals surface area (Å²) in [5.41, 5.74) is 0.587. The molecule has 3 nitrogen and oxygen atoms in total. The Hall–Kier alpha value is -1.45. The zero-order valence-corrected chi connectivity index (χ0v) is 7.00. The number of nitrogens with zero attached hydrogens (tertiary/aromatic N) is 1.